The minimum Gasteiger partial charge on any atom is -0.493 e. The van der Waals surface area contributed by atoms with Crippen molar-refractivity contribution in [3.05, 3.63) is 105 Å². The zero-order valence-corrected chi connectivity index (χ0v) is 20.6. The normalized spacial score (nSPS) is 16.7. The van der Waals surface area contributed by atoms with Crippen molar-refractivity contribution >= 4 is 29.1 Å². The van der Waals surface area contributed by atoms with Crippen molar-refractivity contribution in [1.82, 2.24) is 9.78 Å². The van der Waals surface area contributed by atoms with Crippen molar-refractivity contribution in [2.75, 3.05) is 18.5 Å². The lowest BCUT2D eigenvalue weighted by molar-refractivity contribution is 0.0876. The summed E-state index contributed by atoms with van der Waals surface area (Å²) >= 11 is 7.45. The van der Waals surface area contributed by atoms with Crippen molar-refractivity contribution < 1.29 is 9.84 Å². The van der Waals surface area contributed by atoms with Crippen molar-refractivity contribution in [3.63, 3.8) is 0 Å². The first-order chi connectivity index (χ1) is 17.1. The predicted octanol–water partition coefficient (Wildman–Crippen LogP) is 5.92. The smallest absolute Gasteiger partial charge is 0.282 e. The third kappa shape index (κ3) is 5.27. The first-order valence-corrected chi connectivity index (χ1v) is 12.7. The summed E-state index contributed by atoms with van der Waals surface area (Å²) in [7, 11) is 0. The van der Waals surface area contributed by atoms with Crippen molar-refractivity contribution in [2.45, 2.75) is 34.7 Å². The third-order valence-corrected chi connectivity index (χ3v) is 7.60. The number of halogens is 1. The number of hydrogen-bond donors (Lipinski definition) is 3. The Morgan fingerprint density at radius 1 is 1.06 bits per heavy atom. The lowest BCUT2D eigenvalue weighted by Crippen LogP contribution is -2.30. The fourth-order valence-corrected chi connectivity index (χ4v) is 5.47. The Hall–Kier alpha value is -3.13. The first kappa shape index (κ1) is 23.6. The van der Waals surface area contributed by atoms with Gasteiger partial charge in [-0.2, -0.15) is 0 Å². The molecule has 180 valence electrons. The zero-order valence-electron chi connectivity index (χ0n) is 19.0. The lowest BCUT2D eigenvalue weighted by atomic mass is 9.98. The van der Waals surface area contributed by atoms with Gasteiger partial charge in [0.2, 0.25) is 5.88 Å². The highest BCUT2D eigenvalue weighted by Gasteiger charge is 2.25. The van der Waals surface area contributed by atoms with Gasteiger partial charge in [-0.1, -0.05) is 78.0 Å². The van der Waals surface area contributed by atoms with Crippen molar-refractivity contribution in [1.29, 1.82) is 0 Å². The van der Waals surface area contributed by atoms with E-state index in [2.05, 4.69) is 16.5 Å². The van der Waals surface area contributed by atoms with Crippen LogP contribution in [0.15, 0.2) is 93.4 Å². The summed E-state index contributed by atoms with van der Waals surface area (Å²) < 4.78 is 7.14. The summed E-state index contributed by atoms with van der Waals surface area (Å²) in [5, 5.41) is 18.2. The van der Waals surface area contributed by atoms with E-state index in [1.807, 2.05) is 66.7 Å². The fraction of sp³-hybridized carbons (Fsp3) is 0.222. The van der Waals surface area contributed by atoms with Gasteiger partial charge in [-0.3, -0.25) is 9.89 Å². The molecule has 0 saturated carbocycles. The average Bonchev–Trinajstić information content (AvgIpc) is 3.15. The quantitative estimate of drug-likeness (QED) is 0.289. The zero-order chi connectivity index (χ0) is 24.2. The van der Waals surface area contributed by atoms with Gasteiger partial charge in [0.15, 0.2) is 0 Å². The topological polar surface area (TPSA) is 79.3 Å². The average molecular weight is 508 g/mol. The molecule has 1 fully saturated rings. The van der Waals surface area contributed by atoms with Gasteiger partial charge < -0.3 is 15.2 Å². The van der Waals surface area contributed by atoms with E-state index >= 15 is 0 Å². The Morgan fingerprint density at radius 2 is 1.83 bits per heavy atom. The molecule has 0 bridgehead atoms. The summed E-state index contributed by atoms with van der Waals surface area (Å²) in [6.07, 6.45) is 2.09. The van der Waals surface area contributed by atoms with Crippen molar-refractivity contribution in [2.24, 2.45) is 0 Å². The molecule has 2 heterocycles. The predicted molar refractivity (Wildman–Crippen MR) is 140 cm³/mol. The monoisotopic (exact) mass is 507 g/mol. The number of aromatic nitrogens is 2. The summed E-state index contributed by atoms with van der Waals surface area (Å²) in [4.78, 5) is 13.8. The second-order valence-corrected chi connectivity index (χ2v) is 9.95. The number of anilines is 1. The number of aromatic hydroxyl groups is 1. The molecule has 0 spiro atoms. The Kier molecular flexibility index (Phi) is 7.18. The molecule has 0 amide bonds. The van der Waals surface area contributed by atoms with Crippen LogP contribution in [0.4, 0.5) is 5.69 Å². The molecule has 8 heteroatoms. The number of rotatable bonds is 7. The number of ether oxygens (including phenoxy) is 1. The summed E-state index contributed by atoms with van der Waals surface area (Å²) in [6.45, 7) is 1.49. The molecule has 0 radical (unpaired) electrons. The van der Waals surface area contributed by atoms with Crippen LogP contribution >= 0.6 is 23.4 Å². The maximum absolute atomic E-state index is 12.9. The van der Waals surface area contributed by atoms with Crippen LogP contribution in [0.1, 0.15) is 30.0 Å². The Labute approximate surface area is 212 Å². The van der Waals surface area contributed by atoms with E-state index < -0.39 is 6.04 Å². The van der Waals surface area contributed by atoms with Crippen LogP contribution in [0.3, 0.4) is 0 Å². The van der Waals surface area contributed by atoms with E-state index in [0.717, 1.165) is 48.0 Å². The summed E-state index contributed by atoms with van der Waals surface area (Å²) in [5.74, 6) is -0.132. The number of H-pyrrole nitrogens is 1. The van der Waals surface area contributed by atoms with Gasteiger partial charge in [0.05, 0.1) is 11.6 Å². The van der Waals surface area contributed by atoms with Crippen LogP contribution < -0.4 is 10.9 Å². The molecule has 1 aliphatic heterocycles. The van der Waals surface area contributed by atoms with Crippen LogP contribution in [0.5, 0.6) is 5.88 Å². The molecule has 3 N–H and O–H groups in total. The molecule has 1 aromatic heterocycles. The third-order valence-electron chi connectivity index (χ3n) is 6.02. The Morgan fingerprint density at radius 3 is 2.60 bits per heavy atom. The maximum Gasteiger partial charge on any atom is 0.282 e. The van der Waals surface area contributed by atoms with Gasteiger partial charge in [-0.25, -0.2) is 4.68 Å². The second kappa shape index (κ2) is 10.6. The van der Waals surface area contributed by atoms with Gasteiger partial charge in [-0.05, 0) is 48.2 Å². The van der Waals surface area contributed by atoms with E-state index in [1.54, 1.807) is 6.07 Å². The molecule has 5 rings (SSSR count). The second-order valence-electron chi connectivity index (χ2n) is 8.49. The first-order valence-electron chi connectivity index (χ1n) is 11.5. The fourth-order valence-electron chi connectivity index (χ4n) is 4.36. The molecule has 2 atom stereocenters. The minimum absolute atomic E-state index is 0.132. The number of benzene rings is 3. The van der Waals surface area contributed by atoms with E-state index in [9.17, 15) is 9.90 Å². The molecular formula is C27H26ClN3O3S. The van der Waals surface area contributed by atoms with Crippen LogP contribution in [0, 0.1) is 0 Å². The van der Waals surface area contributed by atoms with Gasteiger partial charge >= 0.3 is 0 Å². The Balaban J connectivity index is 1.53. The van der Waals surface area contributed by atoms with Gasteiger partial charge in [0.25, 0.3) is 5.56 Å². The standard InChI is InChI=1S/C27H26ClN3O3S/c28-22-13-4-5-14-23(22)35-25-26(32)30-31(27(25)33)24(18-8-2-1-3-9-18)19-10-6-11-20(16-19)29-21-12-7-15-34-17-21/h1-6,8-11,13-14,16,21,24,29,33H,7,12,15,17H2,(H,30,32)/t21-,24?/m0/s1. The molecular weight excluding hydrogens is 482 g/mol. The summed E-state index contributed by atoms with van der Waals surface area (Å²) in [5.41, 5.74) is 2.45. The highest BCUT2D eigenvalue weighted by atomic mass is 35.5. The van der Waals surface area contributed by atoms with Gasteiger partial charge in [0.1, 0.15) is 10.9 Å². The molecule has 1 aliphatic rings. The molecule has 1 saturated heterocycles. The number of aromatic amines is 1. The van der Waals surface area contributed by atoms with E-state index in [-0.39, 0.29) is 22.4 Å². The number of hydrogen-bond acceptors (Lipinski definition) is 5. The Bertz CT molecular complexity index is 1350. The molecule has 0 aliphatic carbocycles. The van der Waals surface area contributed by atoms with Crippen LogP contribution in [-0.4, -0.2) is 34.1 Å². The molecule has 3 aromatic carbocycles. The maximum atomic E-state index is 12.9. The van der Waals surface area contributed by atoms with Crippen LogP contribution in [-0.2, 0) is 4.74 Å². The van der Waals surface area contributed by atoms with Crippen molar-refractivity contribution in [3.8, 4) is 5.88 Å². The molecule has 4 aromatic rings. The SMILES string of the molecule is O=c1[nH]n(C(c2ccccc2)c2cccc(N[C@H]3CCCOC3)c2)c(O)c1Sc1ccccc1Cl. The lowest BCUT2D eigenvalue weighted by Gasteiger charge is -2.25. The van der Waals surface area contributed by atoms with Gasteiger partial charge in [0, 0.05) is 23.2 Å². The van der Waals surface area contributed by atoms with Gasteiger partial charge in [-0.15, -0.1) is 0 Å². The van der Waals surface area contributed by atoms with Crippen LogP contribution in [0.25, 0.3) is 0 Å². The van der Waals surface area contributed by atoms with E-state index in [1.165, 1.54) is 4.68 Å². The highest BCUT2D eigenvalue weighted by molar-refractivity contribution is 7.99. The van der Waals surface area contributed by atoms with E-state index in [0.29, 0.717) is 16.5 Å². The molecule has 35 heavy (non-hydrogen) atoms. The molecule has 6 nitrogen and oxygen atoms in total. The number of nitrogens with zero attached hydrogens (tertiary/aromatic N) is 1. The van der Waals surface area contributed by atoms with E-state index in [4.69, 9.17) is 16.3 Å². The minimum atomic E-state index is -0.436. The summed E-state index contributed by atoms with van der Waals surface area (Å²) in [6, 6.07) is 24.9. The molecule has 1 unspecified atom stereocenters. The number of nitrogens with one attached hydrogen (secondary N) is 2. The van der Waals surface area contributed by atoms with Crippen LogP contribution in [0.2, 0.25) is 5.02 Å². The largest absolute Gasteiger partial charge is 0.493 e. The highest BCUT2D eigenvalue weighted by Crippen LogP contribution is 2.39.